The second kappa shape index (κ2) is 10.0. The van der Waals surface area contributed by atoms with E-state index in [9.17, 15) is 14.9 Å². The summed E-state index contributed by atoms with van der Waals surface area (Å²) in [4.78, 5) is 31.9. The average Bonchev–Trinajstić information content (AvgIpc) is 3.08. The minimum absolute atomic E-state index is 0.0945. The predicted molar refractivity (Wildman–Crippen MR) is 119 cm³/mol. The molecule has 1 aromatic carbocycles. The molecule has 0 saturated carbocycles. The molecule has 0 unspecified atom stereocenters. The number of anilines is 1. The molecule has 3 aromatic rings. The first-order valence-corrected chi connectivity index (χ1v) is 10.4. The number of H-pyrrole nitrogens is 1. The number of benzene rings is 1. The first-order valence-electron chi connectivity index (χ1n) is 10.4. The van der Waals surface area contributed by atoms with Crippen LogP contribution in [0, 0.1) is 25.2 Å². The van der Waals surface area contributed by atoms with Crippen LogP contribution < -0.4 is 10.9 Å². The maximum atomic E-state index is 12.7. The Kier molecular flexibility index (Phi) is 7.21. The number of nitriles is 1. The minimum atomic E-state index is -0.397. The molecule has 2 aromatic heterocycles. The number of imidazole rings is 1. The number of amides is 1. The summed E-state index contributed by atoms with van der Waals surface area (Å²) in [5.41, 5.74) is 3.60. The van der Waals surface area contributed by atoms with Crippen molar-refractivity contribution in [3.63, 3.8) is 0 Å². The SMILES string of the molecule is CCOCCCn1c(NC(=O)CCc2c(C)[nH]c(=O)c(C#N)c2C)nc2ccccc21. The number of para-hydroxylation sites is 2. The maximum Gasteiger partial charge on any atom is 0.266 e. The second-order valence-corrected chi connectivity index (χ2v) is 7.34. The summed E-state index contributed by atoms with van der Waals surface area (Å²) in [6, 6.07) is 9.70. The first kappa shape index (κ1) is 22.2. The molecule has 0 atom stereocenters. The standard InChI is InChI=1S/C23H27N5O3/c1-4-31-13-7-12-28-20-9-6-5-8-19(20)26-23(28)27-21(29)11-10-17-15(2)18(14-24)22(30)25-16(17)3/h5-6,8-9H,4,7,10-13H2,1-3H3,(H,25,30)(H,26,27,29). The van der Waals surface area contributed by atoms with Gasteiger partial charge in [0.1, 0.15) is 11.6 Å². The molecule has 0 fully saturated rings. The number of aromatic nitrogens is 3. The van der Waals surface area contributed by atoms with Crippen molar-refractivity contribution in [2.24, 2.45) is 0 Å². The molecular weight excluding hydrogens is 394 g/mol. The van der Waals surface area contributed by atoms with Crippen molar-refractivity contribution < 1.29 is 9.53 Å². The van der Waals surface area contributed by atoms with Crippen LogP contribution in [0.2, 0.25) is 0 Å². The Bertz CT molecular complexity index is 1190. The highest BCUT2D eigenvalue weighted by molar-refractivity contribution is 5.91. The number of ether oxygens (including phenoxy) is 1. The van der Waals surface area contributed by atoms with Gasteiger partial charge in [0.2, 0.25) is 11.9 Å². The fourth-order valence-corrected chi connectivity index (χ4v) is 3.71. The molecular formula is C23H27N5O3. The Balaban J connectivity index is 1.75. The van der Waals surface area contributed by atoms with Crippen LogP contribution in [0.3, 0.4) is 0 Å². The number of rotatable bonds is 9. The molecule has 2 heterocycles. The number of pyridine rings is 1. The van der Waals surface area contributed by atoms with Gasteiger partial charge in [0, 0.05) is 31.9 Å². The summed E-state index contributed by atoms with van der Waals surface area (Å²) < 4.78 is 7.43. The van der Waals surface area contributed by atoms with Gasteiger partial charge in [0.05, 0.1) is 11.0 Å². The van der Waals surface area contributed by atoms with Crippen LogP contribution in [0.15, 0.2) is 29.1 Å². The van der Waals surface area contributed by atoms with Gasteiger partial charge in [-0.25, -0.2) is 4.98 Å². The van der Waals surface area contributed by atoms with Gasteiger partial charge < -0.3 is 14.3 Å². The summed E-state index contributed by atoms with van der Waals surface area (Å²) in [5, 5.41) is 12.1. The number of aromatic amines is 1. The fourth-order valence-electron chi connectivity index (χ4n) is 3.71. The third-order valence-corrected chi connectivity index (χ3v) is 5.30. The lowest BCUT2D eigenvalue weighted by atomic mass is 9.99. The van der Waals surface area contributed by atoms with Crippen LogP contribution in [0.1, 0.15) is 42.1 Å². The van der Waals surface area contributed by atoms with E-state index in [1.807, 2.05) is 41.8 Å². The highest BCUT2D eigenvalue weighted by Crippen LogP contribution is 2.21. The van der Waals surface area contributed by atoms with Crippen LogP contribution in [0.5, 0.6) is 0 Å². The Morgan fingerprint density at radius 1 is 1.32 bits per heavy atom. The van der Waals surface area contributed by atoms with Gasteiger partial charge >= 0.3 is 0 Å². The zero-order chi connectivity index (χ0) is 22.4. The number of nitrogens with zero attached hydrogens (tertiary/aromatic N) is 3. The summed E-state index contributed by atoms with van der Waals surface area (Å²) >= 11 is 0. The molecule has 0 aliphatic carbocycles. The van der Waals surface area contributed by atoms with Crippen LogP contribution in [0.4, 0.5) is 5.95 Å². The van der Waals surface area contributed by atoms with Gasteiger partial charge in [0.15, 0.2) is 0 Å². The van der Waals surface area contributed by atoms with Crippen molar-refractivity contribution in [3.8, 4) is 6.07 Å². The fraction of sp³-hybridized carbons (Fsp3) is 0.391. The number of fused-ring (bicyclic) bond motifs is 1. The zero-order valence-corrected chi connectivity index (χ0v) is 18.1. The Morgan fingerprint density at radius 3 is 2.84 bits per heavy atom. The van der Waals surface area contributed by atoms with Crippen molar-refractivity contribution in [2.45, 2.75) is 46.6 Å². The van der Waals surface area contributed by atoms with Crippen molar-refractivity contribution in [2.75, 3.05) is 18.5 Å². The second-order valence-electron chi connectivity index (χ2n) is 7.34. The van der Waals surface area contributed by atoms with E-state index in [4.69, 9.17) is 4.74 Å². The topological polar surface area (TPSA) is 113 Å². The summed E-state index contributed by atoms with van der Waals surface area (Å²) in [6.07, 6.45) is 1.43. The number of carbonyl (C=O) groups excluding carboxylic acids is 1. The number of aryl methyl sites for hydroxylation is 2. The lowest BCUT2D eigenvalue weighted by Gasteiger charge is -2.12. The van der Waals surface area contributed by atoms with E-state index in [0.29, 0.717) is 43.4 Å². The van der Waals surface area contributed by atoms with Gasteiger partial charge in [-0.15, -0.1) is 0 Å². The van der Waals surface area contributed by atoms with Crippen LogP contribution >= 0.6 is 0 Å². The molecule has 8 nitrogen and oxygen atoms in total. The van der Waals surface area contributed by atoms with E-state index < -0.39 is 5.56 Å². The van der Waals surface area contributed by atoms with Crippen molar-refractivity contribution in [1.82, 2.24) is 14.5 Å². The van der Waals surface area contributed by atoms with Crippen molar-refractivity contribution in [1.29, 1.82) is 5.26 Å². The third kappa shape index (κ3) is 5.01. The summed E-state index contributed by atoms with van der Waals surface area (Å²) in [7, 11) is 0. The first-order chi connectivity index (χ1) is 15.0. The Hall–Kier alpha value is -3.44. The number of hydrogen-bond donors (Lipinski definition) is 2. The lowest BCUT2D eigenvalue weighted by molar-refractivity contribution is -0.116. The normalized spacial score (nSPS) is 10.9. The van der Waals surface area contributed by atoms with Gasteiger partial charge in [-0.05, 0) is 56.9 Å². The van der Waals surface area contributed by atoms with E-state index in [1.165, 1.54) is 0 Å². The predicted octanol–water partition coefficient (Wildman–Crippen LogP) is 3.21. The molecule has 0 spiro atoms. The maximum absolute atomic E-state index is 12.7. The molecule has 1 amide bonds. The van der Waals surface area contributed by atoms with Crippen LogP contribution in [0.25, 0.3) is 11.0 Å². The molecule has 0 aliphatic heterocycles. The highest BCUT2D eigenvalue weighted by Gasteiger charge is 2.16. The molecule has 8 heteroatoms. The number of nitrogens with one attached hydrogen (secondary N) is 2. The Morgan fingerprint density at radius 2 is 2.10 bits per heavy atom. The molecule has 31 heavy (non-hydrogen) atoms. The van der Waals surface area contributed by atoms with E-state index in [2.05, 4.69) is 15.3 Å². The molecule has 0 bridgehead atoms. The third-order valence-electron chi connectivity index (χ3n) is 5.30. The summed E-state index contributed by atoms with van der Waals surface area (Å²) in [5.74, 6) is 0.334. The molecule has 162 valence electrons. The average molecular weight is 422 g/mol. The van der Waals surface area contributed by atoms with Gasteiger partial charge in [-0.3, -0.25) is 14.9 Å². The highest BCUT2D eigenvalue weighted by atomic mass is 16.5. The quantitative estimate of drug-likeness (QED) is 0.515. The molecule has 2 N–H and O–H groups in total. The van der Waals surface area contributed by atoms with Gasteiger partial charge in [-0.1, -0.05) is 12.1 Å². The lowest BCUT2D eigenvalue weighted by Crippen LogP contribution is -2.19. The number of carbonyl (C=O) groups is 1. The van der Waals surface area contributed by atoms with Crippen LogP contribution in [-0.2, 0) is 22.5 Å². The van der Waals surface area contributed by atoms with Gasteiger partial charge in [-0.2, -0.15) is 5.26 Å². The smallest absolute Gasteiger partial charge is 0.266 e. The van der Waals surface area contributed by atoms with Crippen molar-refractivity contribution in [3.05, 3.63) is 57.0 Å². The zero-order valence-electron chi connectivity index (χ0n) is 18.1. The van der Waals surface area contributed by atoms with E-state index in [1.54, 1.807) is 13.8 Å². The van der Waals surface area contributed by atoms with E-state index in [-0.39, 0.29) is 17.9 Å². The number of hydrogen-bond acceptors (Lipinski definition) is 5. The molecule has 0 aliphatic rings. The minimum Gasteiger partial charge on any atom is -0.382 e. The van der Waals surface area contributed by atoms with E-state index >= 15 is 0 Å². The van der Waals surface area contributed by atoms with Crippen LogP contribution in [-0.4, -0.2) is 33.7 Å². The van der Waals surface area contributed by atoms with Gasteiger partial charge in [0.25, 0.3) is 5.56 Å². The molecule has 3 rings (SSSR count). The van der Waals surface area contributed by atoms with E-state index in [0.717, 1.165) is 23.0 Å². The summed E-state index contributed by atoms with van der Waals surface area (Å²) in [6.45, 7) is 7.48. The molecule has 0 radical (unpaired) electrons. The van der Waals surface area contributed by atoms with Crippen molar-refractivity contribution >= 4 is 22.9 Å². The monoisotopic (exact) mass is 421 g/mol. The largest absolute Gasteiger partial charge is 0.382 e. The molecule has 0 saturated heterocycles. The Labute approximate surface area is 180 Å².